The van der Waals surface area contributed by atoms with Crippen molar-refractivity contribution in [3.63, 3.8) is 0 Å². The Balaban J connectivity index is 2.02. The number of fused-ring (bicyclic) bond motifs is 1. The van der Waals surface area contributed by atoms with Crippen molar-refractivity contribution >= 4 is 16.9 Å². The lowest BCUT2D eigenvalue weighted by molar-refractivity contribution is -0.144. The van der Waals surface area contributed by atoms with Crippen molar-refractivity contribution in [1.29, 1.82) is 0 Å². The normalized spacial score (nSPS) is 16.2. The van der Waals surface area contributed by atoms with Crippen LogP contribution in [0.15, 0.2) is 18.5 Å². The van der Waals surface area contributed by atoms with Crippen LogP contribution in [0.4, 0.5) is 4.39 Å². The van der Waals surface area contributed by atoms with Crippen LogP contribution in [0.3, 0.4) is 0 Å². The van der Waals surface area contributed by atoms with Crippen LogP contribution in [0.1, 0.15) is 23.2 Å². The van der Waals surface area contributed by atoms with Gasteiger partial charge in [0.2, 0.25) is 0 Å². The van der Waals surface area contributed by atoms with Gasteiger partial charge >= 0.3 is 0 Å². The predicted octanol–water partition coefficient (Wildman–Crippen LogP) is 1.87. The van der Waals surface area contributed by atoms with Gasteiger partial charge in [-0.1, -0.05) is 0 Å². The number of carbonyl (C=O) groups is 1. The molecule has 1 amide bonds. The quantitative estimate of drug-likeness (QED) is 0.839. The summed E-state index contributed by atoms with van der Waals surface area (Å²) in [5.74, 6) is -0.807. The number of hydrogen-bond acceptors (Lipinski definition) is 3. The van der Waals surface area contributed by atoms with E-state index in [2.05, 4.69) is 9.97 Å². The number of halogens is 1. The molecule has 0 unspecified atom stereocenters. The molecule has 3 rings (SSSR count). The molecule has 1 aromatic carbocycles. The summed E-state index contributed by atoms with van der Waals surface area (Å²) in [6.45, 7) is 1.05. The standard InChI is InChI=1S/C12H12FN3O2/c13-8-5-9(11-10(6-8)14-7-15-11)12(17)16-3-1-2-4-18-16/h5-7H,1-4H2,(H,14,15). The van der Waals surface area contributed by atoms with Gasteiger partial charge in [-0.2, -0.15) is 0 Å². The van der Waals surface area contributed by atoms with Crippen molar-refractivity contribution in [1.82, 2.24) is 15.0 Å². The van der Waals surface area contributed by atoms with E-state index in [-0.39, 0.29) is 11.5 Å². The Morgan fingerprint density at radius 2 is 2.33 bits per heavy atom. The summed E-state index contributed by atoms with van der Waals surface area (Å²) in [4.78, 5) is 24.4. The highest BCUT2D eigenvalue weighted by molar-refractivity contribution is 6.04. The van der Waals surface area contributed by atoms with Crippen LogP contribution in [-0.2, 0) is 4.84 Å². The Kier molecular flexibility index (Phi) is 2.71. The Hall–Kier alpha value is -1.95. The van der Waals surface area contributed by atoms with Crippen LogP contribution < -0.4 is 0 Å². The Bertz CT molecular complexity index is 590. The van der Waals surface area contributed by atoms with Crippen molar-refractivity contribution in [2.45, 2.75) is 12.8 Å². The molecular formula is C12H12FN3O2. The molecule has 2 aromatic rings. The van der Waals surface area contributed by atoms with Crippen LogP contribution in [0.25, 0.3) is 11.0 Å². The van der Waals surface area contributed by atoms with Crippen molar-refractivity contribution in [2.75, 3.05) is 13.2 Å². The first-order valence-electron chi connectivity index (χ1n) is 5.83. The predicted molar refractivity (Wildman–Crippen MR) is 62.3 cm³/mol. The number of benzene rings is 1. The van der Waals surface area contributed by atoms with E-state index >= 15 is 0 Å². The monoisotopic (exact) mass is 249 g/mol. The van der Waals surface area contributed by atoms with E-state index in [1.54, 1.807) is 0 Å². The lowest BCUT2D eigenvalue weighted by Gasteiger charge is -2.25. The van der Waals surface area contributed by atoms with Crippen LogP contribution >= 0.6 is 0 Å². The highest BCUT2D eigenvalue weighted by Crippen LogP contribution is 2.20. The lowest BCUT2D eigenvalue weighted by atomic mass is 10.1. The number of rotatable bonds is 1. The molecule has 1 N–H and O–H groups in total. The highest BCUT2D eigenvalue weighted by Gasteiger charge is 2.23. The number of nitrogens with one attached hydrogen (secondary N) is 1. The fraction of sp³-hybridized carbons (Fsp3) is 0.333. The van der Waals surface area contributed by atoms with Gasteiger partial charge in [0.25, 0.3) is 5.91 Å². The van der Waals surface area contributed by atoms with Gasteiger partial charge in [0.15, 0.2) is 0 Å². The van der Waals surface area contributed by atoms with Crippen LogP contribution in [0.5, 0.6) is 0 Å². The highest BCUT2D eigenvalue weighted by atomic mass is 19.1. The molecule has 1 aliphatic heterocycles. The van der Waals surface area contributed by atoms with Gasteiger partial charge in [0, 0.05) is 6.54 Å². The zero-order valence-electron chi connectivity index (χ0n) is 9.65. The Labute approximate surface area is 103 Å². The molecule has 94 valence electrons. The number of carbonyl (C=O) groups excluding carboxylic acids is 1. The first-order chi connectivity index (χ1) is 8.75. The van der Waals surface area contributed by atoms with Crippen molar-refractivity contribution < 1.29 is 14.0 Å². The summed E-state index contributed by atoms with van der Waals surface area (Å²) in [5.41, 5.74) is 1.21. The van der Waals surface area contributed by atoms with E-state index in [0.717, 1.165) is 12.8 Å². The maximum absolute atomic E-state index is 13.4. The molecule has 18 heavy (non-hydrogen) atoms. The molecule has 1 fully saturated rings. The molecule has 0 saturated carbocycles. The maximum Gasteiger partial charge on any atom is 0.279 e. The molecule has 0 bridgehead atoms. The minimum atomic E-state index is -0.466. The number of hydroxylamine groups is 2. The second kappa shape index (κ2) is 4.38. The second-order valence-corrected chi connectivity index (χ2v) is 4.20. The van der Waals surface area contributed by atoms with E-state index in [0.29, 0.717) is 24.2 Å². The number of aromatic amines is 1. The minimum absolute atomic E-state index is 0.230. The second-order valence-electron chi connectivity index (χ2n) is 4.20. The number of aromatic nitrogens is 2. The van der Waals surface area contributed by atoms with Gasteiger partial charge < -0.3 is 4.98 Å². The third-order valence-corrected chi connectivity index (χ3v) is 2.95. The molecule has 1 aliphatic rings. The summed E-state index contributed by atoms with van der Waals surface area (Å²) in [6, 6.07) is 2.51. The smallest absolute Gasteiger partial charge is 0.279 e. The molecule has 1 saturated heterocycles. The van der Waals surface area contributed by atoms with Crippen LogP contribution in [0, 0.1) is 5.82 Å². The van der Waals surface area contributed by atoms with Gasteiger partial charge in [-0.3, -0.25) is 9.63 Å². The molecular weight excluding hydrogens is 237 g/mol. The fourth-order valence-corrected chi connectivity index (χ4v) is 2.07. The third-order valence-electron chi connectivity index (χ3n) is 2.95. The van der Waals surface area contributed by atoms with Crippen LogP contribution in [0.2, 0.25) is 0 Å². The van der Waals surface area contributed by atoms with Crippen molar-refractivity contribution in [2.24, 2.45) is 0 Å². The average molecular weight is 249 g/mol. The molecule has 5 nitrogen and oxygen atoms in total. The van der Waals surface area contributed by atoms with Gasteiger partial charge in [0.1, 0.15) is 11.3 Å². The zero-order valence-corrected chi connectivity index (χ0v) is 9.65. The molecule has 1 aromatic heterocycles. The number of imidazole rings is 1. The van der Waals surface area contributed by atoms with Crippen molar-refractivity contribution in [3.05, 3.63) is 29.8 Å². The average Bonchev–Trinajstić information content (AvgIpc) is 2.86. The van der Waals surface area contributed by atoms with Gasteiger partial charge in [-0.15, -0.1) is 0 Å². The minimum Gasteiger partial charge on any atom is -0.344 e. The molecule has 0 spiro atoms. The maximum atomic E-state index is 13.4. The summed E-state index contributed by atoms with van der Waals surface area (Å²) < 4.78 is 13.4. The SMILES string of the molecule is O=C(c1cc(F)cc2[nH]cnc12)N1CCCCO1. The van der Waals surface area contributed by atoms with E-state index in [4.69, 9.17) is 4.84 Å². The zero-order chi connectivity index (χ0) is 12.5. The number of H-pyrrole nitrogens is 1. The van der Waals surface area contributed by atoms with Crippen LogP contribution in [-0.4, -0.2) is 34.1 Å². The largest absolute Gasteiger partial charge is 0.344 e. The summed E-state index contributed by atoms with van der Waals surface area (Å²) >= 11 is 0. The summed E-state index contributed by atoms with van der Waals surface area (Å²) in [6.07, 6.45) is 3.27. The molecule has 0 aliphatic carbocycles. The van der Waals surface area contributed by atoms with E-state index in [1.807, 2.05) is 0 Å². The van der Waals surface area contributed by atoms with E-state index in [9.17, 15) is 9.18 Å². The number of hydrogen-bond donors (Lipinski definition) is 1. The van der Waals surface area contributed by atoms with Gasteiger partial charge in [-0.25, -0.2) is 14.4 Å². The van der Waals surface area contributed by atoms with Gasteiger partial charge in [0.05, 0.1) is 24.0 Å². The van der Waals surface area contributed by atoms with Gasteiger partial charge in [-0.05, 0) is 25.0 Å². The first-order valence-corrected chi connectivity index (χ1v) is 5.83. The van der Waals surface area contributed by atoms with E-state index in [1.165, 1.54) is 23.5 Å². The summed E-state index contributed by atoms with van der Waals surface area (Å²) in [5, 5.41) is 1.28. The van der Waals surface area contributed by atoms with E-state index < -0.39 is 5.82 Å². The molecule has 0 atom stereocenters. The fourth-order valence-electron chi connectivity index (χ4n) is 2.07. The first kappa shape index (κ1) is 11.2. The number of nitrogens with zero attached hydrogens (tertiary/aromatic N) is 2. The topological polar surface area (TPSA) is 58.2 Å². The number of amides is 1. The third kappa shape index (κ3) is 1.84. The summed E-state index contributed by atoms with van der Waals surface area (Å²) in [7, 11) is 0. The van der Waals surface area contributed by atoms with Crippen molar-refractivity contribution in [3.8, 4) is 0 Å². The Morgan fingerprint density at radius 3 is 3.11 bits per heavy atom. The molecule has 6 heteroatoms. The lowest BCUT2D eigenvalue weighted by Crippen LogP contribution is -2.35. The molecule has 2 heterocycles. The molecule has 0 radical (unpaired) electrons. The Morgan fingerprint density at radius 1 is 1.44 bits per heavy atom.